The zero-order valence-electron chi connectivity index (χ0n) is 10.1. The quantitative estimate of drug-likeness (QED) is 0.761. The summed E-state index contributed by atoms with van der Waals surface area (Å²) in [5.41, 5.74) is 2.27. The lowest BCUT2D eigenvalue weighted by molar-refractivity contribution is -0.118. The fourth-order valence-electron chi connectivity index (χ4n) is 1.84. The summed E-state index contributed by atoms with van der Waals surface area (Å²) in [5, 5.41) is 0. The topological polar surface area (TPSA) is 34.1 Å². The predicted octanol–water partition coefficient (Wildman–Crippen LogP) is 3.04. The Labute approximate surface area is 96.7 Å². The molecule has 0 saturated carbocycles. The molecular weight excluding hydrogens is 200 g/mol. The molecule has 0 aliphatic carbocycles. The fourth-order valence-corrected chi connectivity index (χ4v) is 1.84. The van der Waals surface area contributed by atoms with Crippen molar-refractivity contribution in [1.82, 2.24) is 0 Å². The molecule has 0 atom stereocenters. The van der Waals surface area contributed by atoms with Crippen molar-refractivity contribution in [2.45, 2.75) is 39.5 Å². The molecule has 0 radical (unpaired) electrons. The minimum atomic E-state index is 0.0376. The number of hydrogen-bond donors (Lipinski definition) is 0. The highest BCUT2D eigenvalue weighted by Crippen LogP contribution is 2.24. The van der Waals surface area contributed by atoms with E-state index in [1.165, 1.54) is 5.56 Å². The number of rotatable bonds is 5. The van der Waals surface area contributed by atoms with E-state index in [2.05, 4.69) is 0 Å². The number of benzene rings is 1. The predicted molar refractivity (Wildman–Crippen MR) is 64.5 cm³/mol. The van der Waals surface area contributed by atoms with E-state index in [1.807, 2.05) is 31.2 Å². The van der Waals surface area contributed by atoms with E-state index >= 15 is 0 Å². The third kappa shape index (κ3) is 3.97. The minimum absolute atomic E-state index is 0.0376. The van der Waals surface area contributed by atoms with E-state index in [-0.39, 0.29) is 17.5 Å². The number of Topliss-reactive ketones (excluding diaryl/α,β-unsaturated/α-hetero) is 2. The van der Waals surface area contributed by atoms with Crippen LogP contribution in [0.2, 0.25) is 0 Å². The first-order valence-electron chi connectivity index (χ1n) is 5.54. The number of carbonyl (C=O) groups excluding carboxylic acids is 2. The largest absolute Gasteiger partial charge is 0.300 e. The summed E-state index contributed by atoms with van der Waals surface area (Å²) in [7, 11) is 0. The first-order valence-corrected chi connectivity index (χ1v) is 5.54. The Morgan fingerprint density at radius 3 is 1.81 bits per heavy atom. The highest BCUT2D eigenvalue weighted by Gasteiger charge is 2.15. The van der Waals surface area contributed by atoms with Crippen LogP contribution in [0.1, 0.15) is 43.7 Å². The third-order valence-corrected chi connectivity index (χ3v) is 2.62. The van der Waals surface area contributed by atoms with Gasteiger partial charge in [-0.15, -0.1) is 0 Å². The molecule has 0 N–H and O–H groups in total. The van der Waals surface area contributed by atoms with Crippen LogP contribution in [-0.2, 0) is 9.59 Å². The smallest absolute Gasteiger partial charge is 0.130 e. The van der Waals surface area contributed by atoms with Gasteiger partial charge >= 0.3 is 0 Å². The molecule has 0 saturated heterocycles. The van der Waals surface area contributed by atoms with Gasteiger partial charge in [-0.05, 0) is 32.3 Å². The van der Waals surface area contributed by atoms with E-state index in [9.17, 15) is 9.59 Å². The highest BCUT2D eigenvalue weighted by molar-refractivity contribution is 5.80. The SMILES string of the molecule is CC(=O)CC(CC(C)=O)c1ccc(C)cc1. The Balaban J connectivity index is 2.86. The van der Waals surface area contributed by atoms with E-state index in [4.69, 9.17) is 0 Å². The standard InChI is InChI=1S/C14H18O2/c1-10-4-6-13(7-5-10)14(8-11(2)15)9-12(3)16/h4-7,14H,8-9H2,1-3H3. The van der Waals surface area contributed by atoms with Crippen molar-refractivity contribution in [2.75, 3.05) is 0 Å². The first-order chi connectivity index (χ1) is 7.49. The molecule has 0 fully saturated rings. The second-order valence-electron chi connectivity index (χ2n) is 4.42. The van der Waals surface area contributed by atoms with Gasteiger partial charge in [0, 0.05) is 12.8 Å². The molecule has 86 valence electrons. The van der Waals surface area contributed by atoms with Crippen LogP contribution < -0.4 is 0 Å². The first kappa shape index (κ1) is 12.6. The van der Waals surface area contributed by atoms with E-state index < -0.39 is 0 Å². The average Bonchev–Trinajstić information content (AvgIpc) is 2.16. The maximum absolute atomic E-state index is 11.2. The van der Waals surface area contributed by atoms with E-state index in [1.54, 1.807) is 13.8 Å². The summed E-state index contributed by atoms with van der Waals surface area (Å²) in [5.74, 6) is 0.300. The Morgan fingerprint density at radius 1 is 1.00 bits per heavy atom. The molecule has 2 heteroatoms. The maximum atomic E-state index is 11.2. The van der Waals surface area contributed by atoms with Gasteiger partial charge in [0.15, 0.2) is 0 Å². The Kier molecular flexibility index (Phi) is 4.41. The molecule has 1 rings (SSSR count). The number of aryl methyl sites for hydroxylation is 1. The van der Waals surface area contributed by atoms with Crippen LogP contribution in [0, 0.1) is 6.92 Å². The number of ketones is 2. The van der Waals surface area contributed by atoms with Crippen molar-refractivity contribution in [2.24, 2.45) is 0 Å². The van der Waals surface area contributed by atoms with Crippen LogP contribution in [0.4, 0.5) is 0 Å². The average molecular weight is 218 g/mol. The van der Waals surface area contributed by atoms with Gasteiger partial charge in [0.05, 0.1) is 0 Å². The molecule has 1 aromatic rings. The second kappa shape index (κ2) is 5.59. The van der Waals surface area contributed by atoms with Crippen LogP contribution in [-0.4, -0.2) is 11.6 Å². The lowest BCUT2D eigenvalue weighted by Crippen LogP contribution is -2.08. The van der Waals surface area contributed by atoms with Gasteiger partial charge in [-0.2, -0.15) is 0 Å². The lowest BCUT2D eigenvalue weighted by atomic mass is 9.89. The summed E-state index contributed by atoms with van der Waals surface area (Å²) in [6.45, 7) is 5.16. The summed E-state index contributed by atoms with van der Waals surface area (Å²) < 4.78 is 0. The molecule has 0 aliphatic rings. The summed E-state index contributed by atoms with van der Waals surface area (Å²) in [4.78, 5) is 22.3. The van der Waals surface area contributed by atoms with Crippen molar-refractivity contribution >= 4 is 11.6 Å². The number of hydrogen-bond acceptors (Lipinski definition) is 2. The summed E-state index contributed by atoms with van der Waals surface area (Å²) >= 11 is 0. The minimum Gasteiger partial charge on any atom is -0.300 e. The zero-order valence-corrected chi connectivity index (χ0v) is 10.1. The van der Waals surface area contributed by atoms with E-state index in [0.29, 0.717) is 12.8 Å². The monoisotopic (exact) mass is 218 g/mol. The molecule has 0 amide bonds. The molecule has 0 heterocycles. The van der Waals surface area contributed by atoms with Gasteiger partial charge in [-0.3, -0.25) is 0 Å². The van der Waals surface area contributed by atoms with Crippen molar-refractivity contribution in [3.8, 4) is 0 Å². The molecule has 0 spiro atoms. The molecule has 2 nitrogen and oxygen atoms in total. The molecule has 0 bridgehead atoms. The van der Waals surface area contributed by atoms with Crippen LogP contribution >= 0.6 is 0 Å². The van der Waals surface area contributed by atoms with Crippen molar-refractivity contribution in [3.05, 3.63) is 35.4 Å². The molecule has 1 aromatic carbocycles. The second-order valence-corrected chi connectivity index (χ2v) is 4.42. The van der Waals surface area contributed by atoms with Crippen LogP contribution in [0.3, 0.4) is 0 Å². The Morgan fingerprint density at radius 2 is 1.44 bits per heavy atom. The van der Waals surface area contributed by atoms with Gasteiger partial charge in [0.1, 0.15) is 11.6 Å². The van der Waals surface area contributed by atoms with Gasteiger partial charge < -0.3 is 9.59 Å². The molecule has 16 heavy (non-hydrogen) atoms. The van der Waals surface area contributed by atoms with E-state index in [0.717, 1.165) is 5.56 Å². The maximum Gasteiger partial charge on any atom is 0.130 e. The summed E-state index contributed by atoms with van der Waals surface area (Å²) in [6, 6.07) is 8.04. The van der Waals surface area contributed by atoms with Crippen molar-refractivity contribution in [1.29, 1.82) is 0 Å². The normalized spacial score (nSPS) is 10.5. The van der Waals surface area contributed by atoms with Gasteiger partial charge in [-0.1, -0.05) is 29.8 Å². The molecule has 0 unspecified atom stereocenters. The van der Waals surface area contributed by atoms with Gasteiger partial charge in [0.25, 0.3) is 0 Å². The van der Waals surface area contributed by atoms with Crippen LogP contribution in [0.15, 0.2) is 24.3 Å². The molecular formula is C14H18O2. The zero-order chi connectivity index (χ0) is 12.1. The van der Waals surface area contributed by atoms with Gasteiger partial charge in [0.2, 0.25) is 0 Å². The van der Waals surface area contributed by atoms with Crippen molar-refractivity contribution < 1.29 is 9.59 Å². The fraction of sp³-hybridized carbons (Fsp3) is 0.429. The summed E-state index contributed by atoms with van der Waals surface area (Å²) in [6.07, 6.45) is 0.894. The molecule has 0 aromatic heterocycles. The lowest BCUT2D eigenvalue weighted by Gasteiger charge is -2.14. The highest BCUT2D eigenvalue weighted by atomic mass is 16.1. The third-order valence-electron chi connectivity index (χ3n) is 2.62. The van der Waals surface area contributed by atoms with Crippen LogP contribution in [0.5, 0.6) is 0 Å². The Bertz CT molecular complexity index is 360. The Hall–Kier alpha value is -1.44. The number of carbonyl (C=O) groups is 2. The molecule has 0 aliphatic heterocycles. The van der Waals surface area contributed by atoms with Crippen molar-refractivity contribution in [3.63, 3.8) is 0 Å². The van der Waals surface area contributed by atoms with Crippen LogP contribution in [0.25, 0.3) is 0 Å². The van der Waals surface area contributed by atoms with Gasteiger partial charge in [-0.25, -0.2) is 0 Å².